The van der Waals surface area contributed by atoms with E-state index in [1.807, 2.05) is 12.1 Å². The molecule has 0 saturated carbocycles. The van der Waals surface area contributed by atoms with Gasteiger partial charge in [0.25, 0.3) is 5.91 Å². The summed E-state index contributed by atoms with van der Waals surface area (Å²) in [5, 5.41) is 11.1. The van der Waals surface area contributed by atoms with Crippen LogP contribution in [0, 0.1) is 0 Å². The molecule has 11 heteroatoms. The van der Waals surface area contributed by atoms with Crippen LogP contribution in [0.3, 0.4) is 0 Å². The highest BCUT2D eigenvalue weighted by atomic mass is 35.5. The molecule has 0 fully saturated rings. The zero-order chi connectivity index (χ0) is 22.5. The van der Waals surface area contributed by atoms with Gasteiger partial charge in [0.15, 0.2) is 6.04 Å². The standard InChI is InChI=1S/C21H17ClF3N5O2/c22-12-3-4-15-11(6-12)7-13(28-15)9-26-20(31)14-10-27-30-18(21(23,24)25)8-16(29-19(14)30)17-2-1-5-32-17/h1-7,10,16,18,28-29H,8-9H2,(H,26,31)/t16-,18+/m1/s1. The molecule has 0 unspecified atom stereocenters. The Balaban J connectivity index is 1.39. The number of hydrogen-bond acceptors (Lipinski definition) is 4. The van der Waals surface area contributed by atoms with Gasteiger partial charge in [-0.25, -0.2) is 4.68 Å². The third-order valence-electron chi connectivity index (χ3n) is 5.45. The summed E-state index contributed by atoms with van der Waals surface area (Å²) in [6, 6.07) is 7.79. The maximum absolute atomic E-state index is 13.7. The van der Waals surface area contributed by atoms with E-state index in [2.05, 4.69) is 20.7 Å². The summed E-state index contributed by atoms with van der Waals surface area (Å²) >= 11 is 6.00. The fourth-order valence-electron chi connectivity index (χ4n) is 3.93. The number of carbonyl (C=O) groups excluding carboxylic acids is 1. The summed E-state index contributed by atoms with van der Waals surface area (Å²) in [5.41, 5.74) is 1.61. The van der Waals surface area contributed by atoms with E-state index in [1.165, 1.54) is 6.26 Å². The normalized spacial score (nSPS) is 18.4. The van der Waals surface area contributed by atoms with Crippen LogP contribution in [0.25, 0.3) is 10.9 Å². The van der Waals surface area contributed by atoms with Crippen molar-refractivity contribution in [2.24, 2.45) is 0 Å². The van der Waals surface area contributed by atoms with E-state index in [0.29, 0.717) is 10.8 Å². The van der Waals surface area contributed by atoms with Gasteiger partial charge in [-0.05, 0) is 36.4 Å². The monoisotopic (exact) mass is 463 g/mol. The smallest absolute Gasteiger partial charge is 0.410 e. The van der Waals surface area contributed by atoms with Gasteiger partial charge in [0.05, 0.1) is 25.0 Å². The molecule has 166 valence electrons. The van der Waals surface area contributed by atoms with Crippen LogP contribution in [0.4, 0.5) is 19.0 Å². The number of rotatable bonds is 4. The zero-order valence-electron chi connectivity index (χ0n) is 16.4. The van der Waals surface area contributed by atoms with E-state index in [4.69, 9.17) is 16.0 Å². The number of alkyl halides is 3. The van der Waals surface area contributed by atoms with Crippen molar-refractivity contribution in [1.29, 1.82) is 0 Å². The third-order valence-corrected chi connectivity index (χ3v) is 5.68. The topological polar surface area (TPSA) is 87.9 Å². The first-order valence-electron chi connectivity index (χ1n) is 9.79. The Labute approximate surface area is 184 Å². The van der Waals surface area contributed by atoms with Gasteiger partial charge < -0.3 is 20.0 Å². The van der Waals surface area contributed by atoms with E-state index < -0.39 is 24.2 Å². The summed E-state index contributed by atoms with van der Waals surface area (Å²) in [6.07, 6.45) is -2.30. The Hall–Kier alpha value is -3.40. The van der Waals surface area contributed by atoms with E-state index in [-0.39, 0.29) is 24.3 Å². The van der Waals surface area contributed by atoms with Crippen molar-refractivity contribution in [3.63, 3.8) is 0 Å². The van der Waals surface area contributed by atoms with Crippen LogP contribution in [-0.2, 0) is 6.54 Å². The lowest BCUT2D eigenvalue weighted by atomic mass is 10.0. The van der Waals surface area contributed by atoms with Crippen LogP contribution < -0.4 is 10.6 Å². The molecule has 3 N–H and O–H groups in total. The van der Waals surface area contributed by atoms with Crippen molar-refractivity contribution >= 4 is 34.2 Å². The Bertz CT molecular complexity index is 1280. The summed E-state index contributed by atoms with van der Waals surface area (Å²) in [5.74, 6) is -0.188. The highest BCUT2D eigenvalue weighted by Gasteiger charge is 2.47. The van der Waals surface area contributed by atoms with Gasteiger partial charge in [-0.2, -0.15) is 18.3 Å². The van der Waals surface area contributed by atoms with E-state index in [1.54, 1.807) is 24.3 Å². The fraction of sp³-hybridized carbons (Fsp3) is 0.238. The van der Waals surface area contributed by atoms with Crippen molar-refractivity contribution in [3.8, 4) is 0 Å². The minimum absolute atomic E-state index is 0.000837. The quantitative estimate of drug-likeness (QED) is 0.388. The zero-order valence-corrected chi connectivity index (χ0v) is 17.2. The first-order chi connectivity index (χ1) is 15.3. The van der Waals surface area contributed by atoms with Gasteiger partial charge in [-0.1, -0.05) is 11.6 Å². The first-order valence-corrected chi connectivity index (χ1v) is 10.2. The number of furan rings is 1. The van der Waals surface area contributed by atoms with Gasteiger partial charge in [0.1, 0.15) is 17.1 Å². The van der Waals surface area contributed by atoms with Gasteiger partial charge in [0, 0.05) is 28.0 Å². The predicted molar refractivity (Wildman–Crippen MR) is 111 cm³/mol. The molecular weight excluding hydrogens is 447 g/mol. The summed E-state index contributed by atoms with van der Waals surface area (Å²) in [7, 11) is 0. The predicted octanol–water partition coefficient (Wildman–Crippen LogP) is 5.20. The number of nitrogens with zero attached hydrogens (tertiary/aromatic N) is 2. The SMILES string of the molecule is O=C(NCc1cc2cc(Cl)ccc2[nH]1)c1cnn2c1N[C@@H](c1ccco1)C[C@H]2C(F)(F)F. The van der Waals surface area contributed by atoms with Gasteiger partial charge in [0.2, 0.25) is 0 Å². The minimum atomic E-state index is -4.53. The fourth-order valence-corrected chi connectivity index (χ4v) is 4.11. The van der Waals surface area contributed by atoms with E-state index in [9.17, 15) is 18.0 Å². The number of aromatic amines is 1. The Morgan fingerprint density at radius 3 is 2.91 bits per heavy atom. The van der Waals surface area contributed by atoms with Crippen molar-refractivity contribution in [2.45, 2.75) is 31.2 Å². The third kappa shape index (κ3) is 3.70. The molecule has 7 nitrogen and oxygen atoms in total. The average molecular weight is 464 g/mol. The number of benzene rings is 1. The number of amides is 1. The van der Waals surface area contributed by atoms with Crippen LogP contribution >= 0.6 is 11.6 Å². The lowest BCUT2D eigenvalue weighted by Gasteiger charge is -2.32. The molecule has 0 aliphatic carbocycles. The van der Waals surface area contributed by atoms with Crippen molar-refractivity contribution in [3.05, 3.63) is 70.9 Å². The molecule has 1 aromatic carbocycles. The number of anilines is 1. The van der Waals surface area contributed by atoms with Crippen LogP contribution in [0.2, 0.25) is 5.02 Å². The lowest BCUT2D eigenvalue weighted by Crippen LogP contribution is -2.36. The molecule has 5 rings (SSSR count). The molecule has 3 aromatic heterocycles. The second-order valence-electron chi connectivity index (χ2n) is 7.57. The van der Waals surface area contributed by atoms with Crippen LogP contribution in [-0.4, -0.2) is 26.8 Å². The molecule has 2 atom stereocenters. The van der Waals surface area contributed by atoms with Crippen molar-refractivity contribution < 1.29 is 22.4 Å². The van der Waals surface area contributed by atoms with Gasteiger partial charge in [-0.3, -0.25) is 4.79 Å². The molecule has 4 aromatic rings. The highest BCUT2D eigenvalue weighted by Crippen LogP contribution is 2.44. The molecule has 1 amide bonds. The van der Waals surface area contributed by atoms with Crippen molar-refractivity contribution in [1.82, 2.24) is 20.1 Å². The number of aromatic nitrogens is 3. The lowest BCUT2D eigenvalue weighted by molar-refractivity contribution is -0.174. The second-order valence-corrected chi connectivity index (χ2v) is 8.00. The minimum Gasteiger partial charge on any atom is -0.467 e. The molecule has 32 heavy (non-hydrogen) atoms. The van der Waals surface area contributed by atoms with E-state index >= 15 is 0 Å². The van der Waals surface area contributed by atoms with Gasteiger partial charge in [-0.15, -0.1) is 0 Å². The highest BCUT2D eigenvalue weighted by molar-refractivity contribution is 6.31. The maximum Gasteiger partial charge on any atom is 0.410 e. The van der Waals surface area contributed by atoms with Crippen LogP contribution in [0.5, 0.6) is 0 Å². The summed E-state index contributed by atoms with van der Waals surface area (Å²) < 4.78 is 47.2. The Kier molecular flexibility index (Phi) is 4.89. The number of hydrogen-bond donors (Lipinski definition) is 3. The molecular formula is C21H17ClF3N5O2. The van der Waals surface area contributed by atoms with Crippen LogP contribution in [0.15, 0.2) is 53.3 Å². The molecule has 1 aliphatic heterocycles. The molecule has 0 bridgehead atoms. The molecule has 0 spiro atoms. The Morgan fingerprint density at radius 1 is 1.31 bits per heavy atom. The maximum atomic E-state index is 13.7. The molecule has 0 saturated heterocycles. The average Bonchev–Trinajstić information content (AvgIpc) is 3.48. The number of fused-ring (bicyclic) bond motifs is 2. The van der Waals surface area contributed by atoms with Crippen LogP contribution in [0.1, 0.15) is 40.3 Å². The summed E-state index contributed by atoms with van der Waals surface area (Å²) in [4.78, 5) is 16.0. The number of H-pyrrole nitrogens is 1. The summed E-state index contributed by atoms with van der Waals surface area (Å²) in [6.45, 7) is 0.153. The van der Waals surface area contributed by atoms with Gasteiger partial charge >= 0.3 is 6.18 Å². The van der Waals surface area contributed by atoms with Crippen molar-refractivity contribution in [2.75, 3.05) is 5.32 Å². The largest absolute Gasteiger partial charge is 0.467 e. The Morgan fingerprint density at radius 2 is 2.16 bits per heavy atom. The molecule has 0 radical (unpaired) electrons. The molecule has 4 heterocycles. The number of halogens is 4. The number of carbonyl (C=O) groups is 1. The molecule has 1 aliphatic rings. The number of nitrogens with one attached hydrogen (secondary N) is 3. The van der Waals surface area contributed by atoms with E-state index in [0.717, 1.165) is 27.5 Å². The first kappa shape index (κ1) is 20.5. The second kappa shape index (κ2) is 7.63.